The van der Waals surface area contributed by atoms with E-state index in [1.165, 1.54) is 6.07 Å². The Balaban J connectivity index is 3.03. The van der Waals surface area contributed by atoms with Crippen LogP contribution in [0.2, 0.25) is 0 Å². The lowest BCUT2D eigenvalue weighted by Gasteiger charge is -2.18. The first-order valence-electron chi connectivity index (χ1n) is 4.72. The molecule has 1 aromatic carbocycles. The zero-order valence-electron chi connectivity index (χ0n) is 8.92. The fraction of sp³-hybridized carbons (Fsp3) is 0.455. The first-order valence-corrected chi connectivity index (χ1v) is 4.72. The molecule has 0 saturated heterocycles. The van der Waals surface area contributed by atoms with E-state index in [0.29, 0.717) is 6.42 Å². The third kappa shape index (κ3) is 2.70. The molecule has 0 fully saturated rings. The quantitative estimate of drug-likeness (QED) is 0.798. The van der Waals surface area contributed by atoms with Gasteiger partial charge >= 0.3 is 0 Å². The zero-order valence-corrected chi connectivity index (χ0v) is 8.92. The van der Waals surface area contributed by atoms with Gasteiger partial charge in [0.2, 0.25) is 0 Å². The molecule has 1 unspecified atom stereocenters. The summed E-state index contributed by atoms with van der Waals surface area (Å²) in [6, 6.07) is 4.86. The van der Waals surface area contributed by atoms with Gasteiger partial charge < -0.3 is 10.6 Å². The summed E-state index contributed by atoms with van der Waals surface area (Å²) < 4.78 is 13.0. The lowest BCUT2D eigenvalue weighted by molar-refractivity contribution is 0.622. The van der Waals surface area contributed by atoms with Crippen molar-refractivity contribution in [2.24, 2.45) is 5.73 Å². The predicted molar refractivity (Wildman–Crippen MR) is 58.1 cm³/mol. The lowest BCUT2D eigenvalue weighted by atomic mass is 10.0. The Morgan fingerprint density at radius 1 is 1.43 bits per heavy atom. The molecule has 1 atom stereocenters. The summed E-state index contributed by atoms with van der Waals surface area (Å²) in [6.07, 6.45) is 0.700. The molecule has 0 aromatic heterocycles. The van der Waals surface area contributed by atoms with E-state index in [9.17, 15) is 4.39 Å². The molecule has 0 heterocycles. The highest BCUT2D eigenvalue weighted by atomic mass is 19.1. The summed E-state index contributed by atoms with van der Waals surface area (Å²) in [6.45, 7) is 1.92. The molecule has 3 heteroatoms. The van der Waals surface area contributed by atoms with E-state index in [0.717, 1.165) is 11.3 Å². The first kappa shape index (κ1) is 11.0. The van der Waals surface area contributed by atoms with Crippen molar-refractivity contribution < 1.29 is 4.39 Å². The van der Waals surface area contributed by atoms with Gasteiger partial charge in [0, 0.05) is 25.8 Å². The number of hydrogen-bond acceptors (Lipinski definition) is 2. The van der Waals surface area contributed by atoms with Crippen molar-refractivity contribution >= 4 is 5.69 Å². The summed E-state index contributed by atoms with van der Waals surface area (Å²) in [4.78, 5) is 1.97. The highest BCUT2D eigenvalue weighted by Gasteiger charge is 2.07. The van der Waals surface area contributed by atoms with Crippen LogP contribution in [-0.2, 0) is 6.42 Å². The lowest BCUT2D eigenvalue weighted by Crippen LogP contribution is -2.20. The average molecular weight is 196 g/mol. The molecule has 0 radical (unpaired) electrons. The summed E-state index contributed by atoms with van der Waals surface area (Å²) in [5, 5.41) is 0. The van der Waals surface area contributed by atoms with Gasteiger partial charge in [-0.1, -0.05) is 0 Å². The van der Waals surface area contributed by atoms with Gasteiger partial charge in [0.25, 0.3) is 0 Å². The molecule has 0 saturated carbocycles. The molecule has 0 aliphatic rings. The number of nitrogens with two attached hydrogens (primary N) is 1. The molecule has 1 aromatic rings. The second-order valence-corrected chi connectivity index (χ2v) is 3.85. The Morgan fingerprint density at radius 2 is 2.07 bits per heavy atom. The van der Waals surface area contributed by atoms with Crippen LogP contribution >= 0.6 is 0 Å². The van der Waals surface area contributed by atoms with Crippen LogP contribution in [0.1, 0.15) is 12.5 Å². The van der Waals surface area contributed by atoms with Crippen LogP contribution in [0.25, 0.3) is 0 Å². The molecular formula is C11H17FN2. The average Bonchev–Trinajstić information content (AvgIpc) is 2.01. The van der Waals surface area contributed by atoms with Gasteiger partial charge in [-0.3, -0.25) is 0 Å². The highest BCUT2D eigenvalue weighted by Crippen LogP contribution is 2.20. The van der Waals surface area contributed by atoms with E-state index in [-0.39, 0.29) is 11.9 Å². The molecule has 0 aliphatic carbocycles. The van der Waals surface area contributed by atoms with Gasteiger partial charge in [-0.2, -0.15) is 0 Å². The van der Waals surface area contributed by atoms with Crippen molar-refractivity contribution in [3.8, 4) is 0 Å². The minimum atomic E-state index is -0.203. The third-order valence-corrected chi connectivity index (χ3v) is 2.07. The van der Waals surface area contributed by atoms with Crippen molar-refractivity contribution in [3.05, 3.63) is 29.6 Å². The van der Waals surface area contributed by atoms with Crippen molar-refractivity contribution in [1.29, 1.82) is 0 Å². The Kier molecular flexibility index (Phi) is 3.47. The number of nitrogens with zero attached hydrogens (tertiary/aromatic N) is 1. The fourth-order valence-electron chi connectivity index (χ4n) is 1.50. The fourth-order valence-corrected chi connectivity index (χ4v) is 1.50. The molecule has 0 aliphatic heterocycles. The van der Waals surface area contributed by atoms with Crippen LogP contribution in [0.4, 0.5) is 10.1 Å². The van der Waals surface area contributed by atoms with Gasteiger partial charge in [-0.15, -0.1) is 0 Å². The zero-order chi connectivity index (χ0) is 10.7. The minimum Gasteiger partial charge on any atom is -0.377 e. The second-order valence-electron chi connectivity index (χ2n) is 3.85. The number of halogens is 1. The minimum absolute atomic E-state index is 0.0514. The third-order valence-electron chi connectivity index (χ3n) is 2.07. The second kappa shape index (κ2) is 4.42. The first-order chi connectivity index (χ1) is 6.50. The SMILES string of the molecule is CC(N)Cc1cc(F)ccc1N(C)C. The maximum absolute atomic E-state index is 13.0. The maximum Gasteiger partial charge on any atom is 0.123 e. The standard InChI is InChI=1S/C11H17FN2/c1-8(13)6-9-7-10(12)4-5-11(9)14(2)3/h4-5,7-8H,6,13H2,1-3H3. The Bertz CT molecular complexity index is 308. The van der Waals surface area contributed by atoms with Crippen molar-refractivity contribution in [1.82, 2.24) is 0 Å². The number of rotatable bonds is 3. The summed E-state index contributed by atoms with van der Waals surface area (Å²) in [5.41, 5.74) is 7.70. The topological polar surface area (TPSA) is 29.3 Å². The maximum atomic E-state index is 13.0. The highest BCUT2D eigenvalue weighted by molar-refractivity contribution is 5.52. The molecule has 2 N–H and O–H groups in total. The van der Waals surface area contributed by atoms with Gasteiger partial charge in [-0.05, 0) is 37.1 Å². The molecule has 0 amide bonds. The van der Waals surface area contributed by atoms with Crippen LogP contribution in [0.15, 0.2) is 18.2 Å². The molecule has 2 nitrogen and oxygen atoms in total. The van der Waals surface area contributed by atoms with E-state index >= 15 is 0 Å². The van der Waals surface area contributed by atoms with Crippen molar-refractivity contribution in [2.75, 3.05) is 19.0 Å². The van der Waals surface area contributed by atoms with Gasteiger partial charge in [0.1, 0.15) is 5.82 Å². The van der Waals surface area contributed by atoms with E-state index < -0.39 is 0 Å². The van der Waals surface area contributed by atoms with Crippen LogP contribution in [0, 0.1) is 5.82 Å². The largest absolute Gasteiger partial charge is 0.377 e. The van der Waals surface area contributed by atoms with Crippen LogP contribution in [0.5, 0.6) is 0 Å². The van der Waals surface area contributed by atoms with Gasteiger partial charge in [0.05, 0.1) is 0 Å². The summed E-state index contributed by atoms with van der Waals surface area (Å²) in [7, 11) is 3.88. The van der Waals surface area contributed by atoms with Gasteiger partial charge in [0.15, 0.2) is 0 Å². The normalized spacial score (nSPS) is 12.6. The number of benzene rings is 1. The molecule has 1 rings (SSSR count). The van der Waals surface area contributed by atoms with Crippen LogP contribution in [0.3, 0.4) is 0 Å². The van der Waals surface area contributed by atoms with E-state index in [2.05, 4.69) is 0 Å². The molecular weight excluding hydrogens is 179 g/mol. The molecule has 14 heavy (non-hydrogen) atoms. The monoisotopic (exact) mass is 196 g/mol. The smallest absolute Gasteiger partial charge is 0.123 e. The van der Waals surface area contributed by atoms with E-state index in [1.807, 2.05) is 25.9 Å². The van der Waals surface area contributed by atoms with Crippen molar-refractivity contribution in [3.63, 3.8) is 0 Å². The Labute approximate surface area is 84.5 Å². The predicted octanol–water partition coefficient (Wildman–Crippen LogP) is 1.78. The number of hydrogen-bond donors (Lipinski definition) is 1. The Hall–Kier alpha value is -1.09. The molecule has 78 valence electrons. The van der Waals surface area contributed by atoms with Crippen LogP contribution in [-0.4, -0.2) is 20.1 Å². The summed E-state index contributed by atoms with van der Waals surface area (Å²) >= 11 is 0. The number of anilines is 1. The summed E-state index contributed by atoms with van der Waals surface area (Å²) in [5.74, 6) is -0.203. The molecule has 0 bridgehead atoms. The van der Waals surface area contributed by atoms with Crippen LogP contribution < -0.4 is 10.6 Å². The van der Waals surface area contributed by atoms with Gasteiger partial charge in [-0.25, -0.2) is 4.39 Å². The Morgan fingerprint density at radius 3 is 2.57 bits per heavy atom. The molecule has 0 spiro atoms. The van der Waals surface area contributed by atoms with E-state index in [4.69, 9.17) is 5.73 Å². The van der Waals surface area contributed by atoms with Crippen molar-refractivity contribution in [2.45, 2.75) is 19.4 Å². The van der Waals surface area contributed by atoms with E-state index in [1.54, 1.807) is 12.1 Å².